The van der Waals surface area contributed by atoms with Gasteiger partial charge in [0.05, 0.1) is 31.1 Å². The molecule has 0 radical (unpaired) electrons. The number of ether oxygens (including phenoxy) is 1. The Labute approximate surface area is 246 Å². The summed E-state index contributed by atoms with van der Waals surface area (Å²) in [6.07, 6.45) is 2.88. The van der Waals surface area contributed by atoms with Crippen LogP contribution in [0.15, 0.2) is 85.1 Å². The Hall–Kier alpha value is -3.88. The zero-order chi connectivity index (χ0) is 28.6. The standard InChI is InChI=1S/C32H37ClN6O2/c1-24-13-14-27(33)21-30(24)38-17-15-37(16-18-38)22-28-23-39(36-35-28)31(20-26-11-7-4-8-12-26)29(34-32(40)41-2)19-25-9-5-3-6-10-25/h3-14,21,23,29,31H,15-20,22H2,1-2H3,(H,34,40)/t29-,31-/m0/s1. The van der Waals surface area contributed by atoms with Gasteiger partial charge in [-0.2, -0.15) is 0 Å². The summed E-state index contributed by atoms with van der Waals surface area (Å²) in [5.74, 6) is 0. The summed E-state index contributed by atoms with van der Waals surface area (Å²) in [4.78, 5) is 17.2. The molecule has 0 spiro atoms. The van der Waals surface area contributed by atoms with Gasteiger partial charge >= 0.3 is 6.09 Å². The lowest BCUT2D eigenvalue weighted by Crippen LogP contribution is -2.46. The van der Waals surface area contributed by atoms with Crippen LogP contribution in [0, 0.1) is 6.92 Å². The fourth-order valence-corrected chi connectivity index (χ4v) is 5.65. The summed E-state index contributed by atoms with van der Waals surface area (Å²) in [6.45, 7) is 6.54. The Morgan fingerprint density at radius 1 is 0.951 bits per heavy atom. The van der Waals surface area contributed by atoms with Crippen molar-refractivity contribution in [3.05, 3.63) is 112 Å². The Bertz CT molecular complexity index is 1410. The van der Waals surface area contributed by atoms with Crippen LogP contribution in [0.4, 0.5) is 10.5 Å². The van der Waals surface area contributed by atoms with Crippen LogP contribution in [0.5, 0.6) is 0 Å². The van der Waals surface area contributed by atoms with Gasteiger partial charge in [0.2, 0.25) is 0 Å². The van der Waals surface area contributed by atoms with Crippen LogP contribution in [0.2, 0.25) is 5.02 Å². The van der Waals surface area contributed by atoms with E-state index in [1.54, 1.807) is 0 Å². The second kappa shape index (κ2) is 13.7. The number of hydrogen-bond donors (Lipinski definition) is 1. The van der Waals surface area contributed by atoms with Crippen molar-refractivity contribution in [3.8, 4) is 0 Å². The minimum Gasteiger partial charge on any atom is -0.453 e. The fourth-order valence-electron chi connectivity index (χ4n) is 5.48. The predicted octanol–water partition coefficient (Wildman–Crippen LogP) is 5.31. The molecule has 9 heteroatoms. The van der Waals surface area contributed by atoms with Crippen molar-refractivity contribution in [2.45, 2.75) is 38.4 Å². The Balaban J connectivity index is 1.32. The lowest BCUT2D eigenvalue weighted by atomic mass is 9.94. The summed E-state index contributed by atoms with van der Waals surface area (Å²) in [5, 5.41) is 13.0. The molecule has 1 fully saturated rings. The van der Waals surface area contributed by atoms with Crippen LogP contribution in [0.25, 0.3) is 0 Å². The van der Waals surface area contributed by atoms with Gasteiger partial charge in [0.1, 0.15) is 0 Å². The van der Waals surface area contributed by atoms with Crippen LogP contribution < -0.4 is 10.2 Å². The number of carbonyl (C=O) groups excluding carboxylic acids is 1. The van der Waals surface area contributed by atoms with Gasteiger partial charge in [0.25, 0.3) is 0 Å². The number of nitrogens with one attached hydrogen (secondary N) is 1. The third-order valence-corrected chi connectivity index (χ3v) is 7.94. The highest BCUT2D eigenvalue weighted by atomic mass is 35.5. The first-order valence-corrected chi connectivity index (χ1v) is 14.4. The number of halogens is 1. The van der Waals surface area contributed by atoms with Gasteiger partial charge in [-0.15, -0.1) is 5.10 Å². The maximum Gasteiger partial charge on any atom is 0.407 e. The molecule has 2 heterocycles. The SMILES string of the molecule is COC(=O)N[C@@H](Cc1ccccc1)[C@H](Cc1ccccc1)n1cc(CN2CCN(c3cc(Cl)ccc3C)CC2)nn1. The summed E-state index contributed by atoms with van der Waals surface area (Å²) >= 11 is 6.27. The molecule has 214 valence electrons. The number of carbonyl (C=O) groups is 1. The largest absolute Gasteiger partial charge is 0.453 e. The lowest BCUT2D eigenvalue weighted by Gasteiger charge is -2.36. The number of nitrogens with zero attached hydrogens (tertiary/aromatic N) is 5. The molecule has 8 nitrogen and oxygen atoms in total. The number of aryl methyl sites for hydroxylation is 1. The van der Waals surface area contributed by atoms with Crippen LogP contribution in [-0.2, 0) is 24.1 Å². The predicted molar refractivity (Wildman–Crippen MR) is 162 cm³/mol. The average Bonchev–Trinajstić information content (AvgIpc) is 3.46. The molecule has 0 bridgehead atoms. The van der Waals surface area contributed by atoms with Gasteiger partial charge in [-0.1, -0.05) is 83.5 Å². The minimum absolute atomic E-state index is 0.166. The van der Waals surface area contributed by atoms with Gasteiger partial charge in [0.15, 0.2) is 0 Å². The molecule has 2 atom stereocenters. The molecule has 1 aliphatic rings. The van der Waals surface area contributed by atoms with Crippen molar-refractivity contribution < 1.29 is 9.53 Å². The number of amides is 1. The second-order valence-corrected chi connectivity index (χ2v) is 11.0. The van der Waals surface area contributed by atoms with E-state index in [1.165, 1.54) is 18.4 Å². The normalized spacial score (nSPS) is 15.3. The van der Waals surface area contributed by atoms with E-state index >= 15 is 0 Å². The first-order chi connectivity index (χ1) is 20.0. The van der Waals surface area contributed by atoms with E-state index in [0.29, 0.717) is 19.4 Å². The number of anilines is 1. The molecule has 1 amide bonds. The van der Waals surface area contributed by atoms with Gasteiger partial charge in [-0.3, -0.25) is 4.90 Å². The molecule has 1 aliphatic heterocycles. The number of benzene rings is 3. The first kappa shape index (κ1) is 28.6. The quantitative estimate of drug-likeness (QED) is 0.277. The van der Waals surface area contributed by atoms with E-state index < -0.39 is 6.09 Å². The van der Waals surface area contributed by atoms with Gasteiger partial charge in [-0.05, 0) is 48.6 Å². The monoisotopic (exact) mass is 572 g/mol. The topological polar surface area (TPSA) is 75.5 Å². The van der Waals surface area contributed by atoms with Crippen LogP contribution in [-0.4, -0.2) is 65.3 Å². The summed E-state index contributed by atoms with van der Waals surface area (Å²) in [7, 11) is 1.39. The smallest absolute Gasteiger partial charge is 0.407 e. The molecule has 41 heavy (non-hydrogen) atoms. The Morgan fingerprint density at radius 3 is 2.27 bits per heavy atom. The molecule has 3 aromatic carbocycles. The van der Waals surface area contributed by atoms with Crippen molar-refractivity contribution in [1.29, 1.82) is 0 Å². The van der Waals surface area contributed by atoms with E-state index in [1.807, 2.05) is 53.3 Å². The van der Waals surface area contributed by atoms with Crippen molar-refractivity contribution in [2.24, 2.45) is 0 Å². The molecular weight excluding hydrogens is 536 g/mol. The highest BCUT2D eigenvalue weighted by Gasteiger charge is 2.28. The highest BCUT2D eigenvalue weighted by Crippen LogP contribution is 2.26. The van der Waals surface area contributed by atoms with E-state index in [4.69, 9.17) is 16.3 Å². The zero-order valence-electron chi connectivity index (χ0n) is 23.6. The summed E-state index contributed by atoms with van der Waals surface area (Å²) in [5.41, 5.74) is 5.63. The van der Waals surface area contributed by atoms with E-state index in [9.17, 15) is 4.79 Å². The van der Waals surface area contributed by atoms with Crippen LogP contribution in [0.3, 0.4) is 0 Å². The minimum atomic E-state index is -0.461. The lowest BCUT2D eigenvalue weighted by molar-refractivity contribution is 0.160. The molecule has 4 aromatic rings. The summed E-state index contributed by atoms with van der Waals surface area (Å²) < 4.78 is 6.92. The second-order valence-electron chi connectivity index (χ2n) is 10.6. The molecule has 1 N–H and O–H groups in total. The maximum absolute atomic E-state index is 12.4. The third-order valence-electron chi connectivity index (χ3n) is 7.71. The maximum atomic E-state index is 12.4. The zero-order valence-corrected chi connectivity index (χ0v) is 24.4. The summed E-state index contributed by atoms with van der Waals surface area (Å²) in [6, 6.07) is 26.1. The van der Waals surface area contributed by atoms with Gasteiger partial charge in [-0.25, -0.2) is 9.48 Å². The third kappa shape index (κ3) is 7.65. The van der Waals surface area contributed by atoms with E-state index in [2.05, 4.69) is 68.8 Å². The van der Waals surface area contributed by atoms with Crippen molar-refractivity contribution in [3.63, 3.8) is 0 Å². The Morgan fingerprint density at radius 2 is 1.61 bits per heavy atom. The molecule has 0 unspecified atom stereocenters. The molecule has 1 aromatic heterocycles. The molecule has 0 aliphatic carbocycles. The number of piperazine rings is 1. The number of methoxy groups -OCH3 is 1. The number of rotatable bonds is 10. The number of hydrogen-bond acceptors (Lipinski definition) is 6. The molecular formula is C32H37ClN6O2. The molecule has 1 saturated heterocycles. The fraction of sp³-hybridized carbons (Fsp3) is 0.344. The number of alkyl carbamates (subject to hydrolysis) is 1. The molecule has 5 rings (SSSR count). The van der Waals surface area contributed by atoms with Gasteiger partial charge < -0.3 is 15.0 Å². The first-order valence-electron chi connectivity index (χ1n) is 14.0. The van der Waals surface area contributed by atoms with Crippen molar-refractivity contribution in [2.75, 3.05) is 38.2 Å². The van der Waals surface area contributed by atoms with Crippen molar-refractivity contribution >= 4 is 23.4 Å². The van der Waals surface area contributed by atoms with Crippen LogP contribution >= 0.6 is 11.6 Å². The highest BCUT2D eigenvalue weighted by molar-refractivity contribution is 6.30. The number of aromatic nitrogens is 3. The Kier molecular flexibility index (Phi) is 9.54. The molecule has 0 saturated carbocycles. The van der Waals surface area contributed by atoms with Crippen LogP contribution in [0.1, 0.15) is 28.4 Å². The average molecular weight is 573 g/mol. The van der Waals surface area contributed by atoms with E-state index in [0.717, 1.165) is 48.0 Å². The van der Waals surface area contributed by atoms with Crippen molar-refractivity contribution in [1.82, 2.24) is 25.2 Å². The van der Waals surface area contributed by atoms with Gasteiger partial charge in [0, 0.05) is 43.4 Å². The van der Waals surface area contributed by atoms with E-state index in [-0.39, 0.29) is 12.1 Å².